The fourth-order valence-corrected chi connectivity index (χ4v) is 4.59. The van der Waals surface area contributed by atoms with Crippen LogP contribution < -0.4 is 0 Å². The molecule has 5 atom stereocenters. The van der Waals surface area contributed by atoms with Gasteiger partial charge in [0, 0.05) is 30.7 Å². The minimum Gasteiger partial charge on any atom is -0.469 e. The van der Waals surface area contributed by atoms with Crippen LogP contribution >= 0.6 is 11.6 Å². The van der Waals surface area contributed by atoms with Crippen molar-refractivity contribution in [3.05, 3.63) is 59.7 Å². The molecule has 0 heterocycles. The lowest BCUT2D eigenvalue weighted by atomic mass is 9.90. The first-order valence-corrected chi connectivity index (χ1v) is 11.9. The van der Waals surface area contributed by atoms with Crippen molar-refractivity contribution < 1.29 is 24.5 Å². The third-order valence-corrected chi connectivity index (χ3v) is 6.39. The van der Waals surface area contributed by atoms with Gasteiger partial charge in [-0.25, -0.2) is 0 Å². The lowest BCUT2D eigenvalue weighted by Crippen LogP contribution is -2.19. The second-order valence-corrected chi connectivity index (χ2v) is 8.91. The Hall–Kier alpha value is -1.66. The van der Waals surface area contributed by atoms with E-state index < -0.39 is 12.2 Å². The van der Waals surface area contributed by atoms with Crippen LogP contribution in [-0.4, -0.2) is 47.5 Å². The molecule has 2 N–H and O–H groups in total. The van der Waals surface area contributed by atoms with Crippen LogP contribution in [0.1, 0.15) is 50.2 Å². The highest BCUT2D eigenvalue weighted by Gasteiger charge is 2.39. The minimum atomic E-state index is -0.631. The number of unbranched alkanes of at least 4 members (excludes halogenated alkanes) is 1. The molecule has 1 aliphatic rings. The van der Waals surface area contributed by atoms with E-state index in [1.54, 1.807) is 6.08 Å². The largest absolute Gasteiger partial charge is 0.469 e. The molecule has 6 heteroatoms. The van der Waals surface area contributed by atoms with Gasteiger partial charge in [0.15, 0.2) is 0 Å². The summed E-state index contributed by atoms with van der Waals surface area (Å²) in [6.07, 6.45) is 10.5. The van der Waals surface area contributed by atoms with Gasteiger partial charge in [-0.3, -0.25) is 4.79 Å². The lowest BCUT2D eigenvalue weighted by Gasteiger charge is -2.19. The number of ether oxygens (including phenoxy) is 2. The number of aliphatic hydroxyl groups excluding tert-OH is 2. The molecule has 1 aromatic rings. The highest BCUT2D eigenvalue weighted by atomic mass is 35.5. The molecule has 0 spiro atoms. The molecule has 0 aliphatic heterocycles. The molecule has 5 nitrogen and oxygen atoms in total. The summed E-state index contributed by atoms with van der Waals surface area (Å²) in [5, 5.41) is 20.9. The maximum absolute atomic E-state index is 11.2. The smallest absolute Gasteiger partial charge is 0.305 e. The molecule has 0 amide bonds. The summed E-state index contributed by atoms with van der Waals surface area (Å²) in [6.45, 7) is 3.21. The summed E-state index contributed by atoms with van der Waals surface area (Å²) in [5.41, 5.74) is 2.14. The number of aliphatic hydroxyl groups is 2. The van der Waals surface area contributed by atoms with E-state index in [0.717, 1.165) is 30.4 Å². The molecule has 1 saturated carbocycles. The first-order valence-electron chi connectivity index (χ1n) is 11.5. The van der Waals surface area contributed by atoms with Gasteiger partial charge in [-0.05, 0) is 49.7 Å². The number of carbonyl (C=O) groups excluding carboxylic acids is 1. The van der Waals surface area contributed by atoms with Crippen LogP contribution in [0.25, 0.3) is 0 Å². The SMILES string of the molecule is CCOCc1cccc(C[C@@H](O)/C=C/[C@@H]2[C@@H](C/C=C\CCCC(=O)OC)[C@H](Cl)C[C@H]2O)c1. The molecule has 32 heavy (non-hydrogen) atoms. The zero-order valence-electron chi connectivity index (χ0n) is 19.2. The Morgan fingerprint density at radius 3 is 2.84 bits per heavy atom. The second-order valence-electron chi connectivity index (χ2n) is 8.35. The first kappa shape index (κ1) is 26.6. The summed E-state index contributed by atoms with van der Waals surface area (Å²) >= 11 is 6.51. The number of carbonyl (C=O) groups is 1. The summed E-state index contributed by atoms with van der Waals surface area (Å²) in [6, 6.07) is 8.05. The van der Waals surface area contributed by atoms with Crippen LogP contribution in [0.4, 0.5) is 0 Å². The zero-order chi connectivity index (χ0) is 23.3. The monoisotopic (exact) mass is 464 g/mol. The molecule has 0 unspecified atom stereocenters. The molecule has 0 radical (unpaired) electrons. The van der Waals surface area contributed by atoms with Gasteiger partial charge in [0.25, 0.3) is 0 Å². The van der Waals surface area contributed by atoms with Gasteiger partial charge in [0.05, 0.1) is 25.9 Å². The average molecular weight is 465 g/mol. The van der Waals surface area contributed by atoms with Gasteiger partial charge in [-0.15, -0.1) is 11.6 Å². The number of esters is 1. The fraction of sp³-hybridized carbons (Fsp3) is 0.577. The summed E-state index contributed by atoms with van der Waals surface area (Å²) < 4.78 is 10.1. The van der Waals surface area contributed by atoms with Crippen LogP contribution in [0, 0.1) is 11.8 Å². The van der Waals surface area contributed by atoms with E-state index in [0.29, 0.717) is 32.5 Å². The number of halogens is 1. The first-order chi connectivity index (χ1) is 15.4. The van der Waals surface area contributed by atoms with Crippen molar-refractivity contribution in [2.24, 2.45) is 11.8 Å². The average Bonchev–Trinajstić information content (AvgIpc) is 3.05. The van der Waals surface area contributed by atoms with Crippen LogP contribution in [-0.2, 0) is 27.3 Å². The molecule has 2 rings (SSSR count). The Bertz CT molecular complexity index is 747. The molecular formula is C26H37ClO5. The van der Waals surface area contributed by atoms with Crippen molar-refractivity contribution in [1.29, 1.82) is 0 Å². The van der Waals surface area contributed by atoms with Gasteiger partial charge in [0.2, 0.25) is 0 Å². The van der Waals surface area contributed by atoms with Crippen LogP contribution in [0.15, 0.2) is 48.6 Å². The normalized spacial score (nSPS) is 24.4. The molecule has 0 bridgehead atoms. The second kappa shape index (κ2) is 14.5. The van der Waals surface area contributed by atoms with E-state index in [1.807, 2.05) is 31.2 Å². The molecule has 1 aliphatic carbocycles. The van der Waals surface area contributed by atoms with Gasteiger partial charge in [-0.1, -0.05) is 48.6 Å². The maximum Gasteiger partial charge on any atom is 0.305 e. The van der Waals surface area contributed by atoms with Crippen molar-refractivity contribution in [1.82, 2.24) is 0 Å². The number of methoxy groups -OCH3 is 1. The predicted octanol–water partition coefficient (Wildman–Crippen LogP) is 4.58. The number of alkyl halides is 1. The van der Waals surface area contributed by atoms with Crippen molar-refractivity contribution in [3.63, 3.8) is 0 Å². The van der Waals surface area contributed by atoms with E-state index in [-0.39, 0.29) is 23.2 Å². The quantitative estimate of drug-likeness (QED) is 0.193. The van der Waals surface area contributed by atoms with Crippen LogP contribution in [0.5, 0.6) is 0 Å². The molecule has 1 aromatic carbocycles. The molecule has 0 aromatic heterocycles. The zero-order valence-corrected chi connectivity index (χ0v) is 19.9. The standard InChI is InChI=1S/C26H37ClO5/c1-3-32-18-20-10-8-9-19(15-20)16-21(28)13-14-23-22(24(27)17-25(23)29)11-6-4-5-7-12-26(30)31-2/h4,6,8-10,13-15,21-25,28-29H,3,5,7,11-12,16-18H2,1-2H3/b6-4-,14-13+/t21-,22+,23+,24+,25+/m0/s1. The van der Waals surface area contributed by atoms with E-state index in [1.165, 1.54) is 7.11 Å². The van der Waals surface area contributed by atoms with E-state index in [9.17, 15) is 15.0 Å². The Morgan fingerprint density at radius 2 is 2.09 bits per heavy atom. The van der Waals surface area contributed by atoms with Crippen molar-refractivity contribution in [3.8, 4) is 0 Å². The topological polar surface area (TPSA) is 76.0 Å². The molecule has 1 fully saturated rings. The third kappa shape index (κ3) is 9.07. The summed E-state index contributed by atoms with van der Waals surface area (Å²) in [7, 11) is 1.40. The van der Waals surface area contributed by atoms with Crippen LogP contribution in [0.3, 0.4) is 0 Å². The van der Waals surface area contributed by atoms with E-state index in [4.69, 9.17) is 16.3 Å². The Morgan fingerprint density at radius 1 is 1.31 bits per heavy atom. The third-order valence-electron chi connectivity index (χ3n) is 5.89. The predicted molar refractivity (Wildman–Crippen MR) is 127 cm³/mol. The number of hydrogen-bond donors (Lipinski definition) is 2. The molecular weight excluding hydrogens is 428 g/mol. The number of allylic oxidation sites excluding steroid dienone is 2. The number of hydrogen-bond acceptors (Lipinski definition) is 5. The fourth-order valence-electron chi connectivity index (χ4n) is 4.13. The van der Waals surface area contributed by atoms with Crippen molar-refractivity contribution in [2.75, 3.05) is 13.7 Å². The highest BCUT2D eigenvalue weighted by Crippen LogP contribution is 2.39. The lowest BCUT2D eigenvalue weighted by molar-refractivity contribution is -0.140. The number of rotatable bonds is 13. The molecule has 178 valence electrons. The van der Waals surface area contributed by atoms with Gasteiger partial charge in [0.1, 0.15) is 0 Å². The Labute approximate surface area is 197 Å². The van der Waals surface area contributed by atoms with E-state index in [2.05, 4.69) is 23.0 Å². The van der Waals surface area contributed by atoms with Gasteiger partial charge in [-0.2, -0.15) is 0 Å². The van der Waals surface area contributed by atoms with Crippen LogP contribution in [0.2, 0.25) is 0 Å². The van der Waals surface area contributed by atoms with E-state index >= 15 is 0 Å². The minimum absolute atomic E-state index is 0.0869. The van der Waals surface area contributed by atoms with Gasteiger partial charge < -0.3 is 19.7 Å². The summed E-state index contributed by atoms with van der Waals surface area (Å²) in [4.78, 5) is 11.2. The Kier molecular flexibility index (Phi) is 12.0. The Balaban J connectivity index is 1.87. The summed E-state index contributed by atoms with van der Waals surface area (Å²) in [5.74, 6) is -0.166. The highest BCUT2D eigenvalue weighted by molar-refractivity contribution is 6.21. The maximum atomic E-state index is 11.2. The van der Waals surface area contributed by atoms with Crippen molar-refractivity contribution in [2.45, 2.75) is 69.6 Å². The number of benzene rings is 1. The van der Waals surface area contributed by atoms with Crippen molar-refractivity contribution >= 4 is 17.6 Å². The van der Waals surface area contributed by atoms with Gasteiger partial charge >= 0.3 is 5.97 Å². The molecule has 0 saturated heterocycles.